The van der Waals surface area contributed by atoms with Gasteiger partial charge in [0, 0.05) is 6.04 Å². The summed E-state index contributed by atoms with van der Waals surface area (Å²) < 4.78 is 33.1. The molecule has 0 aromatic carbocycles. The van der Waals surface area contributed by atoms with Crippen LogP contribution >= 0.6 is 34.8 Å². The van der Waals surface area contributed by atoms with Crippen LogP contribution in [0.3, 0.4) is 0 Å². The van der Waals surface area contributed by atoms with Gasteiger partial charge in [0.05, 0.1) is 6.61 Å². The normalized spacial score (nSPS) is 40.0. The second-order valence-corrected chi connectivity index (χ2v) is 10.7. The largest absolute Gasteiger partial charge is 0.441 e. The third kappa shape index (κ3) is 4.75. The van der Waals surface area contributed by atoms with Crippen molar-refractivity contribution in [2.24, 2.45) is 0 Å². The van der Waals surface area contributed by atoms with E-state index in [1.54, 1.807) is 13.8 Å². The highest BCUT2D eigenvalue weighted by atomic mass is 35.6. The van der Waals surface area contributed by atoms with Gasteiger partial charge in [-0.25, -0.2) is 4.79 Å². The second-order valence-electron chi connectivity index (χ2n) is 8.37. The number of hydrogen-bond acceptors (Lipinski definition) is 7. The zero-order chi connectivity index (χ0) is 20.9. The number of amides is 1. The first-order valence-corrected chi connectivity index (χ1v) is 11.0. The molecule has 166 valence electrons. The Morgan fingerprint density at radius 3 is 2.45 bits per heavy atom. The van der Waals surface area contributed by atoms with Gasteiger partial charge in [0.25, 0.3) is 0 Å². The average molecular weight is 475 g/mol. The van der Waals surface area contributed by atoms with Crippen LogP contribution in [-0.2, 0) is 28.4 Å². The van der Waals surface area contributed by atoms with Crippen molar-refractivity contribution in [3.63, 3.8) is 0 Å². The maximum Gasteiger partial charge on any atom is 0.407 e. The number of halogens is 3. The lowest BCUT2D eigenvalue weighted by Gasteiger charge is -2.42. The van der Waals surface area contributed by atoms with Gasteiger partial charge in [-0.05, 0) is 26.7 Å². The molecule has 1 aliphatic carbocycles. The van der Waals surface area contributed by atoms with Crippen molar-refractivity contribution >= 4 is 40.9 Å². The van der Waals surface area contributed by atoms with E-state index in [4.69, 9.17) is 63.2 Å². The highest BCUT2D eigenvalue weighted by molar-refractivity contribution is 6.67. The number of fused-ring (bicyclic) bond motifs is 2. The van der Waals surface area contributed by atoms with E-state index in [0.717, 1.165) is 25.7 Å². The van der Waals surface area contributed by atoms with Crippen LogP contribution in [0, 0.1) is 0 Å². The average Bonchev–Trinajstić information content (AvgIpc) is 3.22. The standard InChI is InChI=1S/C18H26Cl3NO7/c1-16(2)25-9-17(29-16)13-12(27-14(28-13)18(19,20)21)11(8-24-17)26-15(23)22-10-6-4-3-5-7-10/h10-14H,3-9H2,1-2H3,(H,22,23)/t11-,12+,13+,14-,17+/m1/s1. The third-order valence-electron chi connectivity index (χ3n) is 5.63. The molecule has 11 heteroatoms. The molecule has 3 heterocycles. The number of hydrogen-bond donors (Lipinski definition) is 1. The minimum atomic E-state index is -1.83. The molecular formula is C18H26Cl3NO7. The van der Waals surface area contributed by atoms with Gasteiger partial charge in [0.15, 0.2) is 11.9 Å². The first kappa shape index (κ1) is 22.1. The maximum absolute atomic E-state index is 12.4. The van der Waals surface area contributed by atoms with Crippen molar-refractivity contribution in [2.45, 2.75) is 92.0 Å². The van der Waals surface area contributed by atoms with Crippen molar-refractivity contribution < 1.29 is 33.2 Å². The third-order valence-corrected chi connectivity index (χ3v) is 6.17. The van der Waals surface area contributed by atoms with Crippen molar-refractivity contribution in [3.05, 3.63) is 0 Å². The zero-order valence-electron chi connectivity index (χ0n) is 16.3. The highest BCUT2D eigenvalue weighted by Crippen LogP contribution is 2.48. The van der Waals surface area contributed by atoms with Crippen LogP contribution < -0.4 is 5.32 Å². The molecule has 1 N–H and O–H groups in total. The Kier molecular flexibility index (Phi) is 6.21. The van der Waals surface area contributed by atoms with Gasteiger partial charge in [-0.15, -0.1) is 0 Å². The molecule has 5 atom stereocenters. The number of rotatable bonds is 2. The summed E-state index contributed by atoms with van der Waals surface area (Å²) in [4.78, 5) is 12.4. The molecule has 1 saturated carbocycles. The van der Waals surface area contributed by atoms with E-state index in [0.29, 0.717) is 0 Å². The van der Waals surface area contributed by atoms with Gasteiger partial charge >= 0.3 is 6.09 Å². The molecule has 29 heavy (non-hydrogen) atoms. The van der Waals surface area contributed by atoms with Gasteiger partial charge in [0.1, 0.15) is 18.8 Å². The van der Waals surface area contributed by atoms with Gasteiger partial charge < -0.3 is 33.7 Å². The predicted octanol–water partition coefficient (Wildman–Crippen LogP) is 3.40. The fraction of sp³-hybridized carbons (Fsp3) is 0.944. The smallest absolute Gasteiger partial charge is 0.407 e. The van der Waals surface area contributed by atoms with Crippen LogP contribution in [0.5, 0.6) is 0 Å². The Bertz CT molecular complexity index is 625. The summed E-state index contributed by atoms with van der Waals surface area (Å²) in [5.74, 6) is -2.11. The molecule has 4 fully saturated rings. The minimum absolute atomic E-state index is 0.0363. The fourth-order valence-corrected chi connectivity index (χ4v) is 4.60. The van der Waals surface area contributed by atoms with Crippen molar-refractivity contribution in [3.8, 4) is 0 Å². The molecule has 0 aromatic rings. The first-order chi connectivity index (χ1) is 13.6. The second kappa shape index (κ2) is 8.13. The molecule has 4 rings (SSSR count). The quantitative estimate of drug-likeness (QED) is 0.614. The van der Waals surface area contributed by atoms with Gasteiger partial charge in [-0.3, -0.25) is 0 Å². The number of carbonyl (C=O) groups is 1. The Labute approximate surface area is 184 Å². The van der Waals surface area contributed by atoms with Crippen molar-refractivity contribution in [2.75, 3.05) is 13.2 Å². The van der Waals surface area contributed by atoms with Crippen LogP contribution in [0.2, 0.25) is 0 Å². The monoisotopic (exact) mass is 473 g/mol. The van der Waals surface area contributed by atoms with E-state index in [9.17, 15) is 4.79 Å². The number of alkyl halides is 3. The molecule has 0 bridgehead atoms. The molecular weight excluding hydrogens is 449 g/mol. The first-order valence-electron chi connectivity index (χ1n) is 9.91. The summed E-state index contributed by atoms with van der Waals surface area (Å²) in [5.41, 5.74) is 0. The molecule has 1 spiro atoms. The summed E-state index contributed by atoms with van der Waals surface area (Å²) in [7, 11) is 0. The number of alkyl carbamates (subject to hydrolysis) is 1. The Hall–Kier alpha value is -0.0600. The SMILES string of the molecule is CC1(C)OC[C@]2(OC[C@@H](OC(=O)NC3CCCCC3)[C@@H]3O[C@@H](C(Cl)(Cl)Cl)O[C@@H]32)O1. The number of ether oxygens (including phenoxy) is 6. The highest BCUT2D eigenvalue weighted by Gasteiger charge is 2.65. The van der Waals surface area contributed by atoms with Gasteiger partial charge in [-0.2, -0.15) is 0 Å². The molecule has 4 aliphatic rings. The molecule has 3 saturated heterocycles. The topological polar surface area (TPSA) is 84.5 Å². The Balaban J connectivity index is 1.46. The summed E-state index contributed by atoms with van der Waals surface area (Å²) >= 11 is 18.0. The Morgan fingerprint density at radius 1 is 1.10 bits per heavy atom. The molecule has 8 nitrogen and oxygen atoms in total. The molecule has 0 aromatic heterocycles. The number of carbonyl (C=O) groups excluding carboxylic acids is 1. The minimum Gasteiger partial charge on any atom is -0.441 e. The lowest BCUT2D eigenvalue weighted by atomic mass is 9.96. The summed E-state index contributed by atoms with van der Waals surface area (Å²) in [6, 6.07) is 0.116. The van der Waals surface area contributed by atoms with E-state index in [1.165, 1.54) is 6.42 Å². The predicted molar refractivity (Wildman–Crippen MR) is 104 cm³/mol. The van der Waals surface area contributed by atoms with Crippen molar-refractivity contribution in [1.82, 2.24) is 5.32 Å². The molecule has 3 aliphatic heterocycles. The van der Waals surface area contributed by atoms with E-state index >= 15 is 0 Å². The lowest BCUT2D eigenvalue weighted by molar-refractivity contribution is -0.321. The van der Waals surface area contributed by atoms with Crippen LogP contribution in [0.4, 0.5) is 4.79 Å². The zero-order valence-corrected chi connectivity index (χ0v) is 18.6. The van der Waals surface area contributed by atoms with Crippen LogP contribution in [0.15, 0.2) is 0 Å². The molecule has 0 unspecified atom stereocenters. The fourth-order valence-electron chi connectivity index (χ4n) is 4.29. The summed E-state index contributed by atoms with van der Waals surface area (Å²) in [5, 5.41) is 2.91. The van der Waals surface area contributed by atoms with E-state index < -0.39 is 46.1 Å². The van der Waals surface area contributed by atoms with E-state index in [2.05, 4.69) is 5.32 Å². The Morgan fingerprint density at radius 2 is 1.83 bits per heavy atom. The van der Waals surface area contributed by atoms with Gasteiger partial charge in [-0.1, -0.05) is 54.1 Å². The molecule has 0 radical (unpaired) electrons. The number of nitrogens with one attached hydrogen (secondary N) is 1. The summed E-state index contributed by atoms with van der Waals surface area (Å²) in [6.45, 7) is 3.68. The lowest BCUT2D eigenvalue weighted by Crippen LogP contribution is -2.62. The maximum atomic E-state index is 12.4. The molecule has 1 amide bonds. The van der Waals surface area contributed by atoms with E-state index in [1.807, 2.05) is 0 Å². The van der Waals surface area contributed by atoms with E-state index in [-0.39, 0.29) is 19.3 Å². The van der Waals surface area contributed by atoms with Crippen molar-refractivity contribution in [1.29, 1.82) is 0 Å². The van der Waals surface area contributed by atoms with Crippen LogP contribution in [0.25, 0.3) is 0 Å². The van der Waals surface area contributed by atoms with Crippen LogP contribution in [-0.4, -0.2) is 65.3 Å². The summed E-state index contributed by atoms with van der Waals surface area (Å²) in [6.07, 6.45) is 1.30. The van der Waals surface area contributed by atoms with Crippen LogP contribution in [0.1, 0.15) is 46.0 Å². The van der Waals surface area contributed by atoms with Gasteiger partial charge in [0.2, 0.25) is 15.9 Å².